The van der Waals surface area contributed by atoms with Gasteiger partial charge in [-0.1, -0.05) is 18.2 Å². The van der Waals surface area contributed by atoms with Gasteiger partial charge >= 0.3 is 5.63 Å². The summed E-state index contributed by atoms with van der Waals surface area (Å²) in [6.45, 7) is 0. The molecule has 0 saturated heterocycles. The van der Waals surface area contributed by atoms with Gasteiger partial charge in [0.1, 0.15) is 11.4 Å². The number of anilines is 1. The minimum atomic E-state index is -0.540. The fraction of sp³-hybridized carbons (Fsp3) is 0. The number of nitrogens with two attached hydrogens (primary N) is 1. The monoisotopic (exact) mass is 381 g/mol. The summed E-state index contributed by atoms with van der Waals surface area (Å²) in [6, 6.07) is 13.8. The maximum atomic E-state index is 13.0. The Morgan fingerprint density at radius 3 is 2.67 bits per heavy atom. The zero-order chi connectivity index (χ0) is 19.0. The minimum Gasteiger partial charge on any atom is -0.422 e. The highest BCUT2D eigenvalue weighted by Gasteiger charge is 2.19. The first-order chi connectivity index (χ1) is 13.0. The van der Waals surface area contributed by atoms with E-state index in [1.807, 2.05) is 12.1 Å². The molecule has 4 rings (SSSR count). The number of aromatic nitrogens is 1. The summed E-state index contributed by atoms with van der Waals surface area (Å²) in [7, 11) is 0. The van der Waals surface area contributed by atoms with Crippen molar-refractivity contribution in [2.45, 2.75) is 0 Å². The van der Waals surface area contributed by atoms with Gasteiger partial charge in [0.15, 0.2) is 0 Å². The minimum absolute atomic E-state index is 0.201. The summed E-state index contributed by atoms with van der Waals surface area (Å²) >= 11 is 1.11. The molecule has 0 aliphatic carbocycles. The maximum absolute atomic E-state index is 13.0. The van der Waals surface area contributed by atoms with Crippen LogP contribution in [0.4, 0.5) is 9.52 Å². The highest BCUT2D eigenvalue weighted by atomic mass is 32.1. The van der Waals surface area contributed by atoms with Crippen LogP contribution < -0.4 is 16.5 Å². The highest BCUT2D eigenvalue weighted by molar-refractivity contribution is 7.14. The first-order valence-electron chi connectivity index (χ1n) is 7.86. The molecule has 0 aliphatic heterocycles. The van der Waals surface area contributed by atoms with Crippen molar-refractivity contribution in [3.05, 3.63) is 81.8 Å². The third-order valence-corrected chi connectivity index (χ3v) is 4.77. The Hall–Kier alpha value is -3.36. The second-order valence-electron chi connectivity index (χ2n) is 5.68. The van der Waals surface area contributed by atoms with Gasteiger partial charge in [-0.15, -0.1) is 11.3 Å². The number of fused-ring (bicyclic) bond motifs is 1. The zero-order valence-electron chi connectivity index (χ0n) is 13.8. The number of nitrogens with zero attached hydrogens (tertiary/aromatic N) is 2. The number of rotatable bonds is 3. The Morgan fingerprint density at radius 1 is 1.15 bits per heavy atom. The lowest BCUT2D eigenvalue weighted by Gasteiger charge is -2.12. The normalized spacial score (nSPS) is 10.9. The van der Waals surface area contributed by atoms with Crippen LogP contribution in [-0.4, -0.2) is 10.9 Å². The van der Waals surface area contributed by atoms with Crippen LogP contribution in [0.25, 0.3) is 22.2 Å². The first kappa shape index (κ1) is 17.1. The molecule has 4 aromatic rings. The van der Waals surface area contributed by atoms with Crippen LogP contribution in [0, 0.1) is 5.82 Å². The molecule has 6 nitrogen and oxygen atoms in total. The fourth-order valence-corrected chi connectivity index (χ4v) is 3.30. The Bertz CT molecular complexity index is 1200. The number of thiazole rings is 1. The SMILES string of the molecule is NN(C(=O)c1ccc(F)cc1)c1nc(-c2cc3ccccc3oc2=O)cs1. The average Bonchev–Trinajstić information content (AvgIpc) is 3.17. The van der Waals surface area contributed by atoms with Gasteiger partial charge in [-0.25, -0.2) is 25.0 Å². The van der Waals surface area contributed by atoms with E-state index < -0.39 is 17.3 Å². The van der Waals surface area contributed by atoms with Crippen molar-refractivity contribution in [2.75, 3.05) is 5.01 Å². The Morgan fingerprint density at radius 2 is 1.89 bits per heavy atom. The number of hydrazine groups is 1. The number of carbonyl (C=O) groups is 1. The molecule has 0 unspecified atom stereocenters. The molecule has 1 amide bonds. The molecular weight excluding hydrogens is 369 g/mol. The van der Waals surface area contributed by atoms with E-state index in [-0.39, 0.29) is 16.3 Å². The van der Waals surface area contributed by atoms with Crippen molar-refractivity contribution in [3.8, 4) is 11.3 Å². The van der Waals surface area contributed by atoms with Crippen LogP contribution in [0.15, 0.2) is 69.2 Å². The van der Waals surface area contributed by atoms with Crippen molar-refractivity contribution in [1.82, 2.24) is 4.98 Å². The molecule has 2 N–H and O–H groups in total. The standard InChI is InChI=1S/C19H12FN3O3S/c20-13-7-5-11(6-8-13)17(24)23(21)19-22-15(10-27-19)14-9-12-3-1-2-4-16(12)26-18(14)25/h1-10H,21H2. The summed E-state index contributed by atoms with van der Waals surface area (Å²) in [5.74, 6) is 4.88. The number of hydrogen-bond acceptors (Lipinski definition) is 6. The van der Waals surface area contributed by atoms with Crippen LogP contribution >= 0.6 is 11.3 Å². The average molecular weight is 381 g/mol. The number of para-hydroxylation sites is 1. The molecule has 0 fully saturated rings. The van der Waals surface area contributed by atoms with Crippen LogP contribution in [0.3, 0.4) is 0 Å². The lowest BCUT2D eigenvalue weighted by Crippen LogP contribution is -2.37. The maximum Gasteiger partial charge on any atom is 0.345 e. The van der Waals surface area contributed by atoms with E-state index in [2.05, 4.69) is 4.98 Å². The molecule has 2 heterocycles. The van der Waals surface area contributed by atoms with E-state index in [9.17, 15) is 14.0 Å². The number of amides is 1. The van der Waals surface area contributed by atoms with Gasteiger partial charge in [-0.05, 0) is 36.4 Å². The lowest BCUT2D eigenvalue weighted by molar-refractivity contribution is 0.0987. The summed E-state index contributed by atoms with van der Waals surface area (Å²) in [5.41, 5.74) is 0.809. The zero-order valence-corrected chi connectivity index (χ0v) is 14.6. The van der Waals surface area contributed by atoms with Gasteiger partial charge in [0.05, 0.1) is 11.3 Å². The molecular formula is C19H12FN3O3S. The summed E-state index contributed by atoms with van der Waals surface area (Å²) in [5, 5.41) is 3.44. The van der Waals surface area contributed by atoms with E-state index >= 15 is 0 Å². The Labute approximate surface area is 156 Å². The number of halogens is 1. The molecule has 134 valence electrons. The molecule has 8 heteroatoms. The largest absolute Gasteiger partial charge is 0.422 e. The van der Waals surface area contributed by atoms with Gasteiger partial charge in [-0.3, -0.25) is 4.79 Å². The first-order valence-corrected chi connectivity index (χ1v) is 8.74. The molecule has 0 bridgehead atoms. The van der Waals surface area contributed by atoms with E-state index in [0.717, 1.165) is 21.7 Å². The Balaban J connectivity index is 1.67. The topological polar surface area (TPSA) is 89.4 Å². The molecule has 0 spiro atoms. The van der Waals surface area contributed by atoms with Crippen molar-refractivity contribution < 1.29 is 13.6 Å². The molecule has 0 radical (unpaired) electrons. The lowest BCUT2D eigenvalue weighted by atomic mass is 10.1. The second-order valence-corrected chi connectivity index (χ2v) is 6.52. The van der Waals surface area contributed by atoms with Gasteiger partial charge in [0, 0.05) is 16.3 Å². The Kier molecular flexibility index (Phi) is 4.27. The van der Waals surface area contributed by atoms with Crippen molar-refractivity contribution in [1.29, 1.82) is 0 Å². The van der Waals surface area contributed by atoms with Crippen molar-refractivity contribution >= 4 is 33.3 Å². The van der Waals surface area contributed by atoms with E-state index in [0.29, 0.717) is 11.3 Å². The predicted molar refractivity (Wildman–Crippen MR) is 101 cm³/mol. The molecule has 27 heavy (non-hydrogen) atoms. The predicted octanol–water partition coefficient (Wildman–Crippen LogP) is 3.58. The van der Waals surface area contributed by atoms with Crippen molar-refractivity contribution in [2.24, 2.45) is 5.84 Å². The summed E-state index contributed by atoms with van der Waals surface area (Å²) in [4.78, 5) is 28.9. The fourth-order valence-electron chi connectivity index (χ4n) is 2.56. The number of benzene rings is 2. The molecule has 0 saturated carbocycles. The molecule has 2 aromatic heterocycles. The van der Waals surface area contributed by atoms with E-state index in [1.165, 1.54) is 24.3 Å². The summed E-state index contributed by atoms with van der Waals surface area (Å²) in [6.07, 6.45) is 0. The van der Waals surface area contributed by atoms with E-state index in [4.69, 9.17) is 10.3 Å². The van der Waals surface area contributed by atoms with Crippen LogP contribution in [0.2, 0.25) is 0 Å². The van der Waals surface area contributed by atoms with Gasteiger partial charge in [0.25, 0.3) is 5.91 Å². The third-order valence-electron chi connectivity index (χ3n) is 3.93. The number of carbonyl (C=O) groups excluding carboxylic acids is 1. The third kappa shape index (κ3) is 3.23. The highest BCUT2D eigenvalue weighted by Crippen LogP contribution is 2.27. The molecule has 0 atom stereocenters. The number of hydrogen-bond donors (Lipinski definition) is 1. The molecule has 0 aliphatic rings. The van der Waals surface area contributed by atoms with Crippen LogP contribution in [0.1, 0.15) is 10.4 Å². The van der Waals surface area contributed by atoms with Crippen molar-refractivity contribution in [3.63, 3.8) is 0 Å². The molecule has 2 aromatic carbocycles. The summed E-state index contributed by atoms with van der Waals surface area (Å²) < 4.78 is 18.3. The van der Waals surface area contributed by atoms with Gasteiger partial charge in [-0.2, -0.15) is 0 Å². The van der Waals surface area contributed by atoms with Crippen LogP contribution in [0.5, 0.6) is 0 Å². The van der Waals surface area contributed by atoms with Crippen LogP contribution in [-0.2, 0) is 0 Å². The van der Waals surface area contributed by atoms with Gasteiger partial charge in [0.2, 0.25) is 5.13 Å². The smallest absolute Gasteiger partial charge is 0.345 e. The van der Waals surface area contributed by atoms with E-state index in [1.54, 1.807) is 23.6 Å². The second kappa shape index (κ2) is 6.75. The van der Waals surface area contributed by atoms with Gasteiger partial charge < -0.3 is 4.42 Å². The quantitative estimate of drug-likeness (QED) is 0.254.